The van der Waals surface area contributed by atoms with Crippen LogP contribution in [-0.4, -0.2) is 22.5 Å². The van der Waals surface area contributed by atoms with Gasteiger partial charge in [-0.05, 0) is 80.5 Å². The molecule has 0 fully saturated rings. The number of hydrogen-bond donors (Lipinski definition) is 3. The van der Waals surface area contributed by atoms with Crippen molar-refractivity contribution < 1.29 is 23.1 Å². The Bertz CT molecular complexity index is 837. The molecule has 0 saturated heterocycles. The third-order valence-corrected chi connectivity index (χ3v) is 6.10. The smallest absolute Gasteiger partial charge is 0.324 e. The van der Waals surface area contributed by atoms with E-state index in [2.05, 4.69) is 5.32 Å². The minimum absolute atomic E-state index is 0.162. The van der Waals surface area contributed by atoms with Crippen molar-refractivity contribution >= 4 is 7.60 Å². The zero-order valence-corrected chi connectivity index (χ0v) is 18.4. The van der Waals surface area contributed by atoms with Crippen LogP contribution in [0.5, 0.6) is 0 Å². The number of rotatable bonds is 13. The van der Waals surface area contributed by atoms with Gasteiger partial charge in [-0.3, -0.25) is 4.57 Å². The summed E-state index contributed by atoms with van der Waals surface area (Å²) in [5.41, 5.74) is 3.82. The first kappa shape index (κ1) is 24.7. The van der Waals surface area contributed by atoms with Crippen LogP contribution in [0.4, 0.5) is 8.78 Å². The van der Waals surface area contributed by atoms with Crippen molar-refractivity contribution in [1.82, 2.24) is 5.32 Å². The van der Waals surface area contributed by atoms with Crippen LogP contribution in [0.25, 0.3) is 0 Å². The quantitative estimate of drug-likeness (QED) is 0.294. The van der Waals surface area contributed by atoms with Gasteiger partial charge in [0, 0.05) is 12.1 Å². The summed E-state index contributed by atoms with van der Waals surface area (Å²) in [4.78, 5) is 17.7. The average molecular weight is 439 g/mol. The van der Waals surface area contributed by atoms with E-state index in [0.29, 0.717) is 25.1 Å². The summed E-state index contributed by atoms with van der Waals surface area (Å²) in [6.45, 7) is 2.77. The SMILES string of the molecule is Cc1cc(CNCCCP(=O)(O)O)c(F)cc1CCCCCCc1ccc(F)cc1. The summed E-state index contributed by atoms with van der Waals surface area (Å²) in [5, 5.41) is 3.04. The van der Waals surface area contributed by atoms with E-state index in [1.807, 2.05) is 25.1 Å². The van der Waals surface area contributed by atoms with Crippen molar-refractivity contribution in [1.29, 1.82) is 0 Å². The Labute approximate surface area is 177 Å². The zero-order valence-electron chi connectivity index (χ0n) is 17.5. The highest BCUT2D eigenvalue weighted by molar-refractivity contribution is 7.51. The lowest BCUT2D eigenvalue weighted by molar-refractivity contribution is 0.371. The molecule has 2 aromatic rings. The summed E-state index contributed by atoms with van der Waals surface area (Å²) < 4.78 is 38.1. The van der Waals surface area contributed by atoms with Crippen LogP contribution in [0, 0.1) is 18.6 Å². The van der Waals surface area contributed by atoms with Crippen LogP contribution in [0.15, 0.2) is 36.4 Å². The highest BCUT2D eigenvalue weighted by atomic mass is 31.2. The Morgan fingerprint density at radius 1 is 0.900 bits per heavy atom. The summed E-state index contributed by atoms with van der Waals surface area (Å²) in [6.07, 6.45) is 6.21. The van der Waals surface area contributed by atoms with Crippen molar-refractivity contribution in [3.05, 3.63) is 70.3 Å². The first-order valence-corrected chi connectivity index (χ1v) is 12.3. The number of hydrogen-bond acceptors (Lipinski definition) is 2. The van der Waals surface area contributed by atoms with Gasteiger partial charge in [-0.1, -0.05) is 31.0 Å². The Balaban J connectivity index is 1.67. The Kier molecular flexibility index (Phi) is 10.1. The van der Waals surface area contributed by atoms with Gasteiger partial charge in [0.25, 0.3) is 0 Å². The summed E-state index contributed by atoms with van der Waals surface area (Å²) in [7, 11) is -3.97. The number of nitrogens with one attached hydrogen (secondary N) is 1. The predicted molar refractivity (Wildman–Crippen MR) is 117 cm³/mol. The molecule has 0 aliphatic carbocycles. The summed E-state index contributed by atoms with van der Waals surface area (Å²) >= 11 is 0. The largest absolute Gasteiger partial charge is 0.325 e. The van der Waals surface area contributed by atoms with Gasteiger partial charge in [0.2, 0.25) is 0 Å². The van der Waals surface area contributed by atoms with E-state index in [0.717, 1.165) is 55.2 Å². The molecule has 7 heteroatoms. The molecule has 0 bridgehead atoms. The molecular weight excluding hydrogens is 407 g/mol. The second-order valence-electron chi connectivity index (χ2n) is 7.83. The van der Waals surface area contributed by atoms with E-state index < -0.39 is 7.60 Å². The van der Waals surface area contributed by atoms with Crippen LogP contribution in [0.1, 0.15) is 54.4 Å². The maximum Gasteiger partial charge on any atom is 0.325 e. The molecule has 0 saturated carbocycles. The van der Waals surface area contributed by atoms with Crippen LogP contribution >= 0.6 is 7.60 Å². The van der Waals surface area contributed by atoms with Gasteiger partial charge in [-0.2, -0.15) is 0 Å². The van der Waals surface area contributed by atoms with Crippen molar-refractivity contribution in [2.24, 2.45) is 0 Å². The normalized spacial score (nSPS) is 11.8. The van der Waals surface area contributed by atoms with E-state index >= 15 is 0 Å². The first-order valence-electron chi connectivity index (χ1n) is 10.5. The fourth-order valence-corrected chi connectivity index (χ4v) is 4.04. The van der Waals surface area contributed by atoms with Gasteiger partial charge in [-0.25, -0.2) is 8.78 Å². The van der Waals surface area contributed by atoms with E-state index in [1.54, 1.807) is 6.07 Å². The molecule has 0 unspecified atom stereocenters. The lowest BCUT2D eigenvalue weighted by atomic mass is 9.98. The molecule has 0 amide bonds. The number of benzene rings is 2. The third-order valence-electron chi connectivity index (χ3n) is 5.20. The summed E-state index contributed by atoms with van der Waals surface area (Å²) in [5.74, 6) is -0.447. The molecule has 3 N–H and O–H groups in total. The molecule has 0 aliphatic heterocycles. The van der Waals surface area contributed by atoms with Crippen molar-refractivity contribution in [3.63, 3.8) is 0 Å². The van der Waals surface area contributed by atoms with Gasteiger partial charge in [0.05, 0.1) is 6.16 Å². The molecule has 166 valence electrons. The van der Waals surface area contributed by atoms with Gasteiger partial charge in [0.15, 0.2) is 0 Å². The van der Waals surface area contributed by atoms with Crippen LogP contribution in [0.3, 0.4) is 0 Å². The van der Waals surface area contributed by atoms with Gasteiger partial charge >= 0.3 is 7.60 Å². The fourth-order valence-electron chi connectivity index (χ4n) is 3.47. The van der Waals surface area contributed by atoms with Crippen molar-refractivity contribution in [2.45, 2.75) is 58.4 Å². The molecule has 0 aliphatic rings. The summed E-state index contributed by atoms with van der Waals surface area (Å²) in [6, 6.07) is 10.1. The molecule has 0 aromatic heterocycles. The molecule has 0 heterocycles. The fraction of sp³-hybridized carbons (Fsp3) is 0.478. The maximum atomic E-state index is 14.4. The minimum Gasteiger partial charge on any atom is -0.324 e. The van der Waals surface area contributed by atoms with Crippen molar-refractivity contribution in [3.8, 4) is 0 Å². The molecule has 30 heavy (non-hydrogen) atoms. The van der Waals surface area contributed by atoms with Crippen LogP contribution in [-0.2, 0) is 24.0 Å². The molecule has 2 rings (SSSR count). The Hall–Kier alpha value is -1.59. The standard InChI is InChI=1S/C23H32F2NO3P/c1-18-15-21(17-26-13-6-14-30(27,28)29)23(25)16-20(18)8-5-3-2-4-7-19-9-11-22(24)12-10-19/h9-12,15-16,26H,2-8,13-14,17H2,1H3,(H2,27,28,29). The number of aryl methyl sites for hydroxylation is 3. The second kappa shape index (κ2) is 12.3. The van der Waals surface area contributed by atoms with E-state index in [4.69, 9.17) is 9.79 Å². The average Bonchev–Trinajstić information content (AvgIpc) is 2.68. The topological polar surface area (TPSA) is 69.6 Å². The van der Waals surface area contributed by atoms with Gasteiger partial charge in [0.1, 0.15) is 11.6 Å². The first-order chi connectivity index (χ1) is 14.2. The highest BCUT2D eigenvalue weighted by Gasteiger charge is 2.12. The Morgan fingerprint density at radius 2 is 1.57 bits per heavy atom. The maximum absolute atomic E-state index is 14.4. The van der Waals surface area contributed by atoms with Crippen molar-refractivity contribution in [2.75, 3.05) is 12.7 Å². The van der Waals surface area contributed by atoms with E-state index in [-0.39, 0.29) is 17.8 Å². The zero-order chi connectivity index (χ0) is 22.0. The predicted octanol–water partition coefficient (Wildman–Crippen LogP) is 5.28. The van der Waals surface area contributed by atoms with Gasteiger partial charge < -0.3 is 15.1 Å². The molecule has 2 aromatic carbocycles. The van der Waals surface area contributed by atoms with Gasteiger partial charge in [-0.15, -0.1) is 0 Å². The monoisotopic (exact) mass is 439 g/mol. The lowest BCUT2D eigenvalue weighted by Gasteiger charge is -2.12. The lowest BCUT2D eigenvalue weighted by Crippen LogP contribution is -2.17. The van der Waals surface area contributed by atoms with E-state index in [9.17, 15) is 13.3 Å². The molecule has 0 radical (unpaired) electrons. The molecule has 0 atom stereocenters. The second-order valence-corrected chi connectivity index (χ2v) is 9.61. The number of unbranched alkanes of at least 4 members (excludes halogenated alkanes) is 3. The van der Waals surface area contributed by atoms with Crippen LogP contribution in [0.2, 0.25) is 0 Å². The Morgan fingerprint density at radius 3 is 2.23 bits per heavy atom. The van der Waals surface area contributed by atoms with Crippen LogP contribution < -0.4 is 5.32 Å². The molecule has 4 nitrogen and oxygen atoms in total. The third kappa shape index (κ3) is 9.48. The van der Waals surface area contributed by atoms with E-state index in [1.165, 1.54) is 12.1 Å². The molecular formula is C23H32F2NO3P. The highest BCUT2D eigenvalue weighted by Crippen LogP contribution is 2.34. The minimum atomic E-state index is -3.97. The number of halogens is 2. The molecule has 0 spiro atoms.